The number of hydrogen-bond donors (Lipinski definition) is 2. The van der Waals surface area contributed by atoms with E-state index in [4.69, 9.17) is 18.9 Å². The van der Waals surface area contributed by atoms with E-state index in [-0.39, 0.29) is 21.7 Å². The number of hydrogen-bond acceptors (Lipinski definition) is 6. The lowest BCUT2D eigenvalue weighted by molar-refractivity contribution is -0.273. The van der Waals surface area contributed by atoms with Crippen molar-refractivity contribution < 1.29 is 29.2 Å². The lowest BCUT2D eigenvalue weighted by Gasteiger charge is -2.45. The smallest absolute Gasteiger partial charge is 0.175 e. The molecule has 7 rings (SSSR count). The Morgan fingerprint density at radius 3 is 1.09 bits per heavy atom. The number of rotatable bonds is 0. The highest BCUT2D eigenvalue weighted by Gasteiger charge is 2.79. The summed E-state index contributed by atoms with van der Waals surface area (Å²) in [5, 5.41) is 23.0. The lowest BCUT2D eigenvalue weighted by Crippen LogP contribution is -2.61. The normalized spacial score (nSPS) is 59.2. The van der Waals surface area contributed by atoms with Crippen LogP contribution < -0.4 is 0 Å². The molecule has 180 valence electrons. The van der Waals surface area contributed by atoms with Gasteiger partial charge in [-0.25, -0.2) is 0 Å². The quantitative estimate of drug-likeness (QED) is 0.592. The molecule has 0 aromatic carbocycles. The van der Waals surface area contributed by atoms with Crippen molar-refractivity contribution in [2.75, 3.05) is 0 Å². The fourth-order valence-corrected chi connectivity index (χ4v) is 9.72. The first-order valence-electron chi connectivity index (χ1n) is 12.9. The molecule has 12 atom stereocenters. The van der Waals surface area contributed by atoms with E-state index in [0.717, 1.165) is 25.7 Å². The van der Waals surface area contributed by atoms with Crippen LogP contribution in [0.4, 0.5) is 0 Å². The maximum Gasteiger partial charge on any atom is 0.175 e. The average molecular weight is 449 g/mol. The van der Waals surface area contributed by atoms with Gasteiger partial charge < -0.3 is 29.2 Å². The second kappa shape index (κ2) is 5.60. The molecule has 6 heteroatoms. The van der Waals surface area contributed by atoms with Crippen LogP contribution in [-0.2, 0) is 18.9 Å². The molecule has 7 fully saturated rings. The summed E-state index contributed by atoms with van der Waals surface area (Å²) < 4.78 is 26.8. The Morgan fingerprint density at radius 1 is 0.562 bits per heavy atom. The van der Waals surface area contributed by atoms with Gasteiger partial charge in [-0.1, -0.05) is 41.5 Å². The fourth-order valence-electron chi connectivity index (χ4n) is 9.72. The maximum atomic E-state index is 11.5. The molecule has 6 nitrogen and oxygen atoms in total. The molecule has 2 spiro atoms. The molecule has 2 heterocycles. The summed E-state index contributed by atoms with van der Waals surface area (Å²) in [4.78, 5) is 0. The number of aliphatic hydroxyl groups excluding tert-OH is 2. The van der Waals surface area contributed by atoms with Gasteiger partial charge in [-0.15, -0.1) is 0 Å². The minimum absolute atomic E-state index is 0.104. The van der Waals surface area contributed by atoms with Crippen LogP contribution >= 0.6 is 0 Å². The molecule has 5 aliphatic carbocycles. The van der Waals surface area contributed by atoms with Crippen LogP contribution in [0.2, 0.25) is 0 Å². The largest absolute Gasteiger partial charge is 0.387 e. The fraction of sp³-hybridized carbons (Fsp3) is 1.00. The zero-order valence-electron chi connectivity index (χ0n) is 20.4. The third-order valence-corrected chi connectivity index (χ3v) is 12.9. The molecule has 32 heavy (non-hydrogen) atoms. The highest BCUT2D eigenvalue weighted by atomic mass is 16.8. The van der Waals surface area contributed by atoms with E-state index in [1.54, 1.807) is 0 Å². The van der Waals surface area contributed by atoms with Crippen LogP contribution in [0.15, 0.2) is 0 Å². The van der Waals surface area contributed by atoms with Crippen molar-refractivity contribution in [1.29, 1.82) is 0 Å². The molecule has 0 amide bonds. The topological polar surface area (TPSA) is 77.4 Å². The van der Waals surface area contributed by atoms with Crippen molar-refractivity contribution in [2.24, 2.45) is 33.5 Å². The molecular formula is C26H40O6. The zero-order chi connectivity index (χ0) is 22.7. The first-order chi connectivity index (χ1) is 14.8. The van der Waals surface area contributed by atoms with Gasteiger partial charge in [-0.05, 0) is 48.3 Å². The molecule has 2 N–H and O–H groups in total. The minimum atomic E-state index is -0.871. The Bertz CT molecular complexity index is 774. The third-order valence-electron chi connectivity index (χ3n) is 12.9. The SMILES string of the molecule is CC1(C)C2CCC1(C)C1(C2)O[C@@H]2[C@@H](O)[C@@H]3OC4(CC5CCC4(C)C5(C)C)O[C@H]3[C@H](O)[C@@H]2O1. The van der Waals surface area contributed by atoms with Gasteiger partial charge in [-0.2, -0.15) is 0 Å². The Labute approximate surface area is 191 Å². The van der Waals surface area contributed by atoms with Crippen LogP contribution in [-0.4, -0.2) is 58.4 Å². The van der Waals surface area contributed by atoms with E-state index in [1.807, 2.05) is 0 Å². The molecular weight excluding hydrogens is 408 g/mol. The van der Waals surface area contributed by atoms with Crippen molar-refractivity contribution in [1.82, 2.24) is 0 Å². The van der Waals surface area contributed by atoms with Crippen LogP contribution in [0.1, 0.15) is 80.1 Å². The van der Waals surface area contributed by atoms with Crippen molar-refractivity contribution >= 4 is 0 Å². The Hall–Kier alpha value is -0.240. The molecule has 0 aromatic rings. The summed E-state index contributed by atoms with van der Waals surface area (Å²) in [7, 11) is 0. The maximum absolute atomic E-state index is 11.5. The number of aliphatic hydroxyl groups is 2. The Morgan fingerprint density at radius 2 is 0.875 bits per heavy atom. The van der Waals surface area contributed by atoms with Gasteiger partial charge in [0.25, 0.3) is 0 Å². The third kappa shape index (κ3) is 1.90. The Kier molecular flexibility index (Phi) is 3.69. The lowest BCUT2D eigenvalue weighted by atomic mass is 9.68. The minimum Gasteiger partial charge on any atom is -0.387 e. The number of ether oxygens (including phenoxy) is 4. The van der Waals surface area contributed by atoms with Gasteiger partial charge in [0.1, 0.15) is 36.6 Å². The standard InChI is InChI=1S/C26H40O6/c1-21(2)13-7-9-23(21,5)25(11-13)29-17-15(27)19-20(16(28)18(17)30-25)32-26(31-19)12-14-8-10-24(26,6)22(14,3)4/h13-20,27-28H,7-12H2,1-6H3/t13?,14?,15-,16-,17-,18-,19-,20+,23?,24?,25?,26?/m0/s1. The van der Waals surface area contributed by atoms with E-state index in [2.05, 4.69) is 41.5 Å². The van der Waals surface area contributed by atoms with Gasteiger partial charge in [0, 0.05) is 23.7 Å². The van der Waals surface area contributed by atoms with Crippen molar-refractivity contribution in [2.45, 2.75) is 128 Å². The van der Waals surface area contributed by atoms with Gasteiger partial charge >= 0.3 is 0 Å². The van der Waals surface area contributed by atoms with Crippen LogP contribution in [0.25, 0.3) is 0 Å². The summed E-state index contributed by atoms with van der Waals surface area (Å²) in [6.07, 6.45) is 2.05. The van der Waals surface area contributed by atoms with E-state index < -0.39 is 48.2 Å². The molecule has 6 unspecified atom stereocenters. The monoisotopic (exact) mass is 448 g/mol. The molecule has 7 aliphatic rings. The molecule has 2 aliphatic heterocycles. The second-order valence-corrected chi connectivity index (χ2v) is 13.8. The highest BCUT2D eigenvalue weighted by Crippen LogP contribution is 2.75. The van der Waals surface area contributed by atoms with Crippen molar-refractivity contribution in [3.8, 4) is 0 Å². The molecule has 4 bridgehead atoms. The van der Waals surface area contributed by atoms with E-state index in [9.17, 15) is 10.2 Å². The molecule has 2 saturated heterocycles. The highest BCUT2D eigenvalue weighted by molar-refractivity contribution is 5.22. The summed E-state index contributed by atoms with van der Waals surface area (Å²) in [6.45, 7) is 13.8. The van der Waals surface area contributed by atoms with E-state index >= 15 is 0 Å². The van der Waals surface area contributed by atoms with E-state index in [0.29, 0.717) is 11.8 Å². The van der Waals surface area contributed by atoms with Crippen LogP contribution in [0, 0.1) is 33.5 Å². The average Bonchev–Trinajstić information content (AvgIpc) is 3.47. The molecule has 0 radical (unpaired) electrons. The predicted octanol–water partition coefficient (Wildman–Crippen LogP) is 3.37. The zero-order valence-corrected chi connectivity index (χ0v) is 20.4. The summed E-state index contributed by atoms with van der Waals surface area (Å²) >= 11 is 0. The molecule has 0 aromatic heterocycles. The van der Waals surface area contributed by atoms with Gasteiger partial charge in [-0.3, -0.25) is 0 Å². The van der Waals surface area contributed by atoms with Crippen LogP contribution in [0.5, 0.6) is 0 Å². The second-order valence-electron chi connectivity index (χ2n) is 13.8. The Balaban J connectivity index is 1.21. The van der Waals surface area contributed by atoms with Gasteiger partial charge in [0.05, 0.1) is 0 Å². The summed E-state index contributed by atoms with van der Waals surface area (Å²) in [6, 6.07) is 0. The first kappa shape index (κ1) is 21.1. The number of fused-ring (bicyclic) bond motifs is 8. The van der Waals surface area contributed by atoms with Crippen LogP contribution in [0.3, 0.4) is 0 Å². The van der Waals surface area contributed by atoms with Crippen molar-refractivity contribution in [3.05, 3.63) is 0 Å². The summed E-state index contributed by atoms with van der Waals surface area (Å²) in [5.41, 5.74) is -0.0671. The molecule has 5 saturated carbocycles. The van der Waals surface area contributed by atoms with Gasteiger partial charge in [0.15, 0.2) is 11.6 Å². The van der Waals surface area contributed by atoms with Gasteiger partial charge in [0.2, 0.25) is 0 Å². The van der Waals surface area contributed by atoms with Crippen molar-refractivity contribution in [3.63, 3.8) is 0 Å². The predicted molar refractivity (Wildman–Crippen MR) is 115 cm³/mol. The first-order valence-corrected chi connectivity index (χ1v) is 12.9. The van der Waals surface area contributed by atoms with E-state index in [1.165, 1.54) is 12.8 Å². The summed E-state index contributed by atoms with van der Waals surface area (Å²) in [5.74, 6) is -0.414.